The topological polar surface area (TPSA) is 58.6 Å². The largest absolute Gasteiger partial charge is 0.494 e. The number of benzene rings is 1. The Bertz CT molecular complexity index is 481. The summed E-state index contributed by atoms with van der Waals surface area (Å²) in [6.07, 6.45) is 6.58. The van der Waals surface area contributed by atoms with E-state index in [1.54, 1.807) is 6.08 Å². The molecule has 2 N–H and O–H groups in total. The molecule has 0 spiro atoms. The number of ether oxygens (including phenoxy) is 1. The monoisotopic (exact) mass is 289 g/mol. The van der Waals surface area contributed by atoms with Gasteiger partial charge in [-0.2, -0.15) is 0 Å². The molecule has 2 atom stereocenters. The summed E-state index contributed by atoms with van der Waals surface area (Å²) in [6, 6.07) is 7.46. The van der Waals surface area contributed by atoms with Gasteiger partial charge >= 0.3 is 0 Å². The van der Waals surface area contributed by atoms with Crippen LogP contribution in [0.4, 0.5) is 0 Å². The molecule has 1 fully saturated rings. The van der Waals surface area contributed by atoms with Crippen LogP contribution in [0.25, 0.3) is 6.08 Å². The quantitative estimate of drug-likeness (QED) is 0.819. The summed E-state index contributed by atoms with van der Waals surface area (Å²) in [5.74, 6) is 0.666. The number of aliphatic hydroxyl groups is 1. The van der Waals surface area contributed by atoms with E-state index in [4.69, 9.17) is 4.74 Å². The molecule has 2 unspecified atom stereocenters. The zero-order valence-corrected chi connectivity index (χ0v) is 12.4. The SMILES string of the molecule is CCOc1ccc(C=CC(=O)NC2CCCCC2O)cc1. The van der Waals surface area contributed by atoms with E-state index in [1.165, 1.54) is 6.08 Å². The molecular formula is C17H23NO3. The zero-order chi connectivity index (χ0) is 15.1. The predicted molar refractivity (Wildman–Crippen MR) is 83.1 cm³/mol. The van der Waals surface area contributed by atoms with Gasteiger partial charge in [-0.15, -0.1) is 0 Å². The van der Waals surface area contributed by atoms with Crippen LogP contribution < -0.4 is 10.1 Å². The Balaban J connectivity index is 1.86. The van der Waals surface area contributed by atoms with E-state index in [2.05, 4.69) is 5.32 Å². The first-order valence-electron chi connectivity index (χ1n) is 7.58. The normalized spacial score (nSPS) is 22.2. The van der Waals surface area contributed by atoms with Crippen molar-refractivity contribution in [3.05, 3.63) is 35.9 Å². The minimum atomic E-state index is -0.415. The van der Waals surface area contributed by atoms with E-state index < -0.39 is 6.10 Å². The maximum atomic E-state index is 11.9. The van der Waals surface area contributed by atoms with Crippen LogP contribution in [-0.4, -0.2) is 29.8 Å². The first kappa shape index (κ1) is 15.6. The standard InChI is InChI=1S/C17H23NO3/c1-2-21-14-10-7-13(8-11-14)9-12-17(20)18-15-5-3-4-6-16(15)19/h7-12,15-16,19H,2-6H2,1H3,(H,18,20). The van der Waals surface area contributed by atoms with E-state index in [9.17, 15) is 9.90 Å². The van der Waals surface area contributed by atoms with Crippen LogP contribution in [-0.2, 0) is 4.79 Å². The van der Waals surface area contributed by atoms with E-state index in [-0.39, 0.29) is 11.9 Å². The number of carbonyl (C=O) groups is 1. The molecule has 0 aromatic heterocycles. The third-order valence-electron chi connectivity index (χ3n) is 3.68. The Hall–Kier alpha value is -1.81. The molecule has 0 bridgehead atoms. The fourth-order valence-electron chi connectivity index (χ4n) is 2.52. The van der Waals surface area contributed by atoms with Crippen molar-refractivity contribution in [3.8, 4) is 5.75 Å². The predicted octanol–water partition coefficient (Wildman–Crippen LogP) is 2.52. The van der Waals surface area contributed by atoms with Crippen LogP contribution in [0, 0.1) is 0 Å². The zero-order valence-electron chi connectivity index (χ0n) is 12.4. The second kappa shape index (κ2) is 7.84. The van der Waals surface area contributed by atoms with E-state index >= 15 is 0 Å². The van der Waals surface area contributed by atoms with Gasteiger partial charge in [0.25, 0.3) is 0 Å². The number of hydrogen-bond acceptors (Lipinski definition) is 3. The van der Waals surface area contributed by atoms with Crippen LogP contribution in [0.15, 0.2) is 30.3 Å². The van der Waals surface area contributed by atoms with Gasteiger partial charge in [0.1, 0.15) is 5.75 Å². The molecule has 0 aliphatic heterocycles. The molecule has 2 rings (SSSR count). The number of carbonyl (C=O) groups excluding carboxylic acids is 1. The molecule has 21 heavy (non-hydrogen) atoms. The van der Waals surface area contributed by atoms with E-state index in [0.29, 0.717) is 6.61 Å². The number of aliphatic hydroxyl groups excluding tert-OH is 1. The van der Waals surface area contributed by atoms with Crippen LogP contribution in [0.2, 0.25) is 0 Å². The summed E-state index contributed by atoms with van der Waals surface area (Å²) in [7, 11) is 0. The number of rotatable bonds is 5. The molecular weight excluding hydrogens is 266 g/mol. The van der Waals surface area contributed by atoms with Crippen LogP contribution in [0.1, 0.15) is 38.2 Å². The molecule has 4 heteroatoms. The molecule has 0 radical (unpaired) electrons. The molecule has 4 nitrogen and oxygen atoms in total. The lowest BCUT2D eigenvalue weighted by Gasteiger charge is -2.27. The third kappa shape index (κ3) is 4.90. The molecule has 1 saturated carbocycles. The minimum absolute atomic E-state index is 0.115. The van der Waals surface area contributed by atoms with Crippen molar-refractivity contribution >= 4 is 12.0 Å². The summed E-state index contributed by atoms with van der Waals surface area (Å²) in [4.78, 5) is 11.9. The Labute approximate surface area is 125 Å². The molecule has 1 amide bonds. The van der Waals surface area contributed by atoms with Gasteiger partial charge in [-0.3, -0.25) is 4.79 Å². The van der Waals surface area contributed by atoms with Gasteiger partial charge in [0.2, 0.25) is 5.91 Å². The van der Waals surface area contributed by atoms with Crippen molar-refractivity contribution in [2.45, 2.75) is 44.8 Å². The van der Waals surface area contributed by atoms with Crippen molar-refractivity contribution in [2.75, 3.05) is 6.61 Å². The highest BCUT2D eigenvalue weighted by atomic mass is 16.5. The summed E-state index contributed by atoms with van der Waals surface area (Å²) in [6.45, 7) is 2.58. The van der Waals surface area contributed by atoms with Gasteiger partial charge in [0, 0.05) is 6.08 Å². The smallest absolute Gasteiger partial charge is 0.244 e. The maximum absolute atomic E-state index is 11.9. The maximum Gasteiger partial charge on any atom is 0.244 e. The average molecular weight is 289 g/mol. The van der Waals surface area contributed by atoms with Crippen LogP contribution in [0.3, 0.4) is 0 Å². The van der Waals surface area contributed by atoms with E-state index in [1.807, 2.05) is 31.2 Å². The fraction of sp³-hybridized carbons (Fsp3) is 0.471. The van der Waals surface area contributed by atoms with Gasteiger partial charge in [0.15, 0.2) is 0 Å². The number of nitrogens with one attached hydrogen (secondary N) is 1. The first-order chi connectivity index (χ1) is 10.2. The molecule has 1 aliphatic carbocycles. The van der Waals surface area contributed by atoms with Crippen molar-refractivity contribution in [3.63, 3.8) is 0 Å². The lowest BCUT2D eigenvalue weighted by Crippen LogP contribution is -2.44. The highest BCUT2D eigenvalue weighted by molar-refractivity contribution is 5.91. The second-order valence-corrected chi connectivity index (χ2v) is 5.30. The lowest BCUT2D eigenvalue weighted by atomic mass is 9.92. The van der Waals surface area contributed by atoms with Gasteiger partial charge in [0.05, 0.1) is 18.8 Å². The summed E-state index contributed by atoms with van der Waals surface area (Å²) in [5.41, 5.74) is 0.942. The van der Waals surface area contributed by atoms with Crippen LogP contribution in [0.5, 0.6) is 5.75 Å². The highest BCUT2D eigenvalue weighted by Gasteiger charge is 2.23. The summed E-state index contributed by atoms with van der Waals surface area (Å²) >= 11 is 0. The fourth-order valence-corrected chi connectivity index (χ4v) is 2.52. The second-order valence-electron chi connectivity index (χ2n) is 5.30. The number of amides is 1. The Kier molecular flexibility index (Phi) is 5.81. The van der Waals surface area contributed by atoms with Gasteiger partial charge in [-0.05, 0) is 43.5 Å². The van der Waals surface area contributed by atoms with Crippen molar-refractivity contribution < 1.29 is 14.6 Å². The van der Waals surface area contributed by atoms with Crippen LogP contribution >= 0.6 is 0 Å². The Morgan fingerprint density at radius 1 is 1.33 bits per heavy atom. The number of hydrogen-bond donors (Lipinski definition) is 2. The average Bonchev–Trinajstić information content (AvgIpc) is 2.49. The molecule has 0 heterocycles. The van der Waals surface area contributed by atoms with Gasteiger partial charge in [-0.1, -0.05) is 25.0 Å². The summed E-state index contributed by atoms with van der Waals surface area (Å²) < 4.78 is 5.37. The highest BCUT2D eigenvalue weighted by Crippen LogP contribution is 2.18. The minimum Gasteiger partial charge on any atom is -0.494 e. The third-order valence-corrected chi connectivity index (χ3v) is 3.68. The molecule has 1 aliphatic rings. The molecule has 1 aromatic carbocycles. The first-order valence-corrected chi connectivity index (χ1v) is 7.58. The van der Waals surface area contributed by atoms with Crippen molar-refractivity contribution in [2.24, 2.45) is 0 Å². The molecule has 1 aromatic rings. The molecule has 114 valence electrons. The van der Waals surface area contributed by atoms with Gasteiger partial charge in [-0.25, -0.2) is 0 Å². The lowest BCUT2D eigenvalue weighted by molar-refractivity contribution is -0.118. The van der Waals surface area contributed by atoms with Gasteiger partial charge < -0.3 is 15.2 Å². The van der Waals surface area contributed by atoms with E-state index in [0.717, 1.165) is 37.0 Å². The summed E-state index contributed by atoms with van der Waals surface area (Å²) in [5, 5.41) is 12.7. The Morgan fingerprint density at radius 3 is 2.71 bits per heavy atom. The van der Waals surface area contributed by atoms with Crippen molar-refractivity contribution in [1.29, 1.82) is 0 Å². The van der Waals surface area contributed by atoms with Crippen molar-refractivity contribution in [1.82, 2.24) is 5.32 Å². The molecule has 0 saturated heterocycles. The Morgan fingerprint density at radius 2 is 2.05 bits per heavy atom.